The number of nitrogens with zero attached hydrogens (tertiary/aromatic N) is 3. The molecule has 5 rings (SSSR count). The molecule has 40 heavy (non-hydrogen) atoms. The van der Waals surface area contributed by atoms with Gasteiger partial charge in [0.15, 0.2) is 5.82 Å². The van der Waals surface area contributed by atoms with Crippen molar-refractivity contribution in [1.82, 2.24) is 25.1 Å². The lowest BCUT2D eigenvalue weighted by Gasteiger charge is -2.09. The topological polar surface area (TPSA) is 99.3 Å². The van der Waals surface area contributed by atoms with Crippen LogP contribution in [-0.2, 0) is 4.79 Å². The van der Waals surface area contributed by atoms with Crippen LogP contribution in [0.15, 0.2) is 67.0 Å². The van der Waals surface area contributed by atoms with Crippen molar-refractivity contribution in [2.24, 2.45) is 5.92 Å². The number of hydrogen-bond acceptors (Lipinski definition) is 4. The van der Waals surface area contributed by atoms with Gasteiger partial charge in [0.25, 0.3) is 0 Å². The standard InChI is InChI=1S/C32H33FN6O/c1-5-6-7-26(21-8-11-24(33)12-9-21)30-20(4)35-32(37-30)31-27-16-22(10-13-28(27)38-39-31)23-15-25(18-34-17-23)36-29(40)14-19(2)3/h7-13,15-19H,5-6,14H2,1-4H3,(H,35,37)(H,36,40)(H,38,39)/b26-7-. The number of rotatable bonds is 9. The molecule has 0 radical (unpaired) electrons. The predicted octanol–water partition coefficient (Wildman–Crippen LogP) is 7.68. The zero-order valence-electron chi connectivity index (χ0n) is 23.2. The van der Waals surface area contributed by atoms with E-state index in [1.807, 2.05) is 39.0 Å². The van der Waals surface area contributed by atoms with Crippen LogP contribution in [0.4, 0.5) is 10.1 Å². The summed E-state index contributed by atoms with van der Waals surface area (Å²) in [7, 11) is 0. The first-order valence-electron chi connectivity index (χ1n) is 13.6. The minimum Gasteiger partial charge on any atom is -0.340 e. The minimum absolute atomic E-state index is 0.0292. The number of aromatic amines is 2. The molecule has 0 bridgehead atoms. The third-order valence-corrected chi connectivity index (χ3v) is 6.67. The van der Waals surface area contributed by atoms with Gasteiger partial charge in [-0.05, 0) is 60.7 Å². The third-order valence-electron chi connectivity index (χ3n) is 6.67. The lowest BCUT2D eigenvalue weighted by molar-refractivity contribution is -0.116. The number of aromatic nitrogens is 5. The highest BCUT2D eigenvalue weighted by atomic mass is 19.1. The maximum atomic E-state index is 13.6. The number of pyridine rings is 1. The number of halogens is 1. The molecule has 8 heteroatoms. The molecular weight excluding hydrogens is 503 g/mol. The van der Waals surface area contributed by atoms with Crippen LogP contribution in [0.2, 0.25) is 0 Å². The van der Waals surface area contributed by atoms with E-state index in [4.69, 9.17) is 4.98 Å². The predicted molar refractivity (Wildman–Crippen MR) is 158 cm³/mol. The van der Waals surface area contributed by atoms with Crippen LogP contribution in [0.5, 0.6) is 0 Å². The smallest absolute Gasteiger partial charge is 0.224 e. The number of amides is 1. The second kappa shape index (κ2) is 11.7. The Balaban J connectivity index is 1.50. The van der Waals surface area contributed by atoms with Crippen LogP contribution in [0.3, 0.4) is 0 Å². The summed E-state index contributed by atoms with van der Waals surface area (Å²) in [6.45, 7) is 8.14. The van der Waals surface area contributed by atoms with E-state index >= 15 is 0 Å². The largest absolute Gasteiger partial charge is 0.340 e. The van der Waals surface area contributed by atoms with Crippen molar-refractivity contribution in [2.75, 3.05) is 5.32 Å². The molecule has 204 valence electrons. The van der Waals surface area contributed by atoms with Crippen molar-refractivity contribution in [3.8, 4) is 22.6 Å². The van der Waals surface area contributed by atoms with Gasteiger partial charge >= 0.3 is 0 Å². The first-order valence-corrected chi connectivity index (χ1v) is 13.6. The molecule has 0 fully saturated rings. The zero-order chi connectivity index (χ0) is 28.2. The average Bonchev–Trinajstić information content (AvgIpc) is 3.52. The maximum absolute atomic E-state index is 13.6. The molecule has 0 atom stereocenters. The maximum Gasteiger partial charge on any atom is 0.224 e. The number of hydrogen-bond donors (Lipinski definition) is 3. The van der Waals surface area contributed by atoms with Crippen LogP contribution in [0.1, 0.15) is 57.0 Å². The number of allylic oxidation sites excluding steroid dienone is 1. The highest BCUT2D eigenvalue weighted by molar-refractivity contribution is 5.95. The number of fused-ring (bicyclic) bond motifs is 1. The Morgan fingerprint density at radius 2 is 1.88 bits per heavy atom. The molecule has 0 unspecified atom stereocenters. The number of nitrogens with one attached hydrogen (secondary N) is 3. The fraction of sp³-hybridized carbons (Fsp3) is 0.250. The molecule has 2 aromatic carbocycles. The summed E-state index contributed by atoms with van der Waals surface area (Å²) in [6, 6.07) is 14.5. The fourth-order valence-electron chi connectivity index (χ4n) is 4.73. The Morgan fingerprint density at radius 3 is 2.62 bits per heavy atom. The molecule has 5 aromatic rings. The van der Waals surface area contributed by atoms with E-state index in [1.54, 1.807) is 24.5 Å². The van der Waals surface area contributed by atoms with E-state index in [0.29, 0.717) is 23.6 Å². The van der Waals surface area contributed by atoms with Crippen molar-refractivity contribution >= 4 is 28.1 Å². The average molecular weight is 537 g/mol. The SMILES string of the molecule is CCC/C=C(/c1ccc(F)cc1)c1nc(-c2n[nH]c3ccc(-c4cncc(NC(=O)CC(C)C)c4)cc23)[nH]c1C. The fourth-order valence-corrected chi connectivity index (χ4v) is 4.73. The van der Waals surface area contributed by atoms with Gasteiger partial charge in [0.05, 0.1) is 23.1 Å². The Morgan fingerprint density at radius 1 is 1.07 bits per heavy atom. The number of imidazole rings is 1. The van der Waals surface area contributed by atoms with Crippen LogP contribution in [-0.4, -0.2) is 31.1 Å². The first kappa shape index (κ1) is 27.0. The Labute approximate surface area is 233 Å². The van der Waals surface area contributed by atoms with Gasteiger partial charge in [-0.2, -0.15) is 5.10 Å². The van der Waals surface area contributed by atoms with Gasteiger partial charge in [-0.1, -0.05) is 51.5 Å². The summed E-state index contributed by atoms with van der Waals surface area (Å²) in [5.74, 6) is 0.625. The van der Waals surface area contributed by atoms with Gasteiger partial charge in [0.2, 0.25) is 5.91 Å². The number of H-pyrrole nitrogens is 2. The molecule has 7 nitrogen and oxygen atoms in total. The third kappa shape index (κ3) is 5.86. The van der Waals surface area contributed by atoms with Gasteiger partial charge in [-0.15, -0.1) is 0 Å². The van der Waals surface area contributed by atoms with Crippen LogP contribution in [0.25, 0.3) is 39.1 Å². The molecule has 3 heterocycles. The number of benzene rings is 2. The Bertz CT molecular complexity index is 1680. The number of carbonyl (C=O) groups is 1. The highest BCUT2D eigenvalue weighted by Crippen LogP contribution is 2.33. The van der Waals surface area contributed by atoms with Crippen molar-refractivity contribution in [3.05, 3.63) is 89.8 Å². The van der Waals surface area contributed by atoms with Crippen LogP contribution in [0, 0.1) is 18.7 Å². The summed E-state index contributed by atoms with van der Waals surface area (Å²) in [6.07, 6.45) is 7.92. The summed E-state index contributed by atoms with van der Waals surface area (Å²) in [5, 5.41) is 11.5. The van der Waals surface area contributed by atoms with Crippen molar-refractivity contribution < 1.29 is 9.18 Å². The van der Waals surface area contributed by atoms with Crippen LogP contribution < -0.4 is 5.32 Å². The van der Waals surface area contributed by atoms with E-state index in [9.17, 15) is 9.18 Å². The molecule has 0 saturated heterocycles. The van der Waals surface area contributed by atoms with Crippen LogP contribution >= 0.6 is 0 Å². The van der Waals surface area contributed by atoms with E-state index in [2.05, 4.69) is 44.5 Å². The molecule has 0 aliphatic heterocycles. The molecule has 0 aliphatic carbocycles. The normalized spacial score (nSPS) is 11.9. The molecular formula is C32H33FN6O. The lowest BCUT2D eigenvalue weighted by Crippen LogP contribution is -2.13. The summed E-state index contributed by atoms with van der Waals surface area (Å²) in [4.78, 5) is 25.0. The number of aryl methyl sites for hydroxylation is 1. The number of carbonyl (C=O) groups excluding carboxylic acids is 1. The quantitative estimate of drug-likeness (QED) is 0.180. The van der Waals surface area contributed by atoms with E-state index in [1.165, 1.54) is 12.1 Å². The van der Waals surface area contributed by atoms with Crippen molar-refractivity contribution in [2.45, 2.75) is 47.0 Å². The molecule has 0 spiro atoms. The molecule has 3 aromatic heterocycles. The molecule has 0 aliphatic rings. The number of anilines is 1. The van der Waals surface area contributed by atoms with Gasteiger partial charge in [-0.3, -0.25) is 14.9 Å². The Kier molecular flexibility index (Phi) is 7.86. The van der Waals surface area contributed by atoms with Gasteiger partial charge in [0, 0.05) is 34.8 Å². The second-order valence-corrected chi connectivity index (χ2v) is 10.4. The van der Waals surface area contributed by atoms with E-state index in [-0.39, 0.29) is 17.6 Å². The van der Waals surface area contributed by atoms with Crippen molar-refractivity contribution in [1.29, 1.82) is 0 Å². The van der Waals surface area contributed by atoms with E-state index in [0.717, 1.165) is 57.4 Å². The monoisotopic (exact) mass is 536 g/mol. The highest BCUT2D eigenvalue weighted by Gasteiger charge is 2.18. The molecule has 3 N–H and O–H groups in total. The summed E-state index contributed by atoms with van der Waals surface area (Å²) in [5.41, 5.74) is 7.67. The van der Waals surface area contributed by atoms with Gasteiger partial charge < -0.3 is 10.3 Å². The molecule has 1 amide bonds. The summed E-state index contributed by atoms with van der Waals surface area (Å²) >= 11 is 0. The lowest BCUT2D eigenvalue weighted by atomic mass is 10.00. The minimum atomic E-state index is -0.268. The molecule has 0 saturated carbocycles. The van der Waals surface area contributed by atoms with Crippen molar-refractivity contribution in [3.63, 3.8) is 0 Å². The first-order chi connectivity index (χ1) is 19.3. The van der Waals surface area contributed by atoms with E-state index < -0.39 is 0 Å². The zero-order valence-corrected chi connectivity index (χ0v) is 23.2. The van der Waals surface area contributed by atoms with Gasteiger partial charge in [-0.25, -0.2) is 9.37 Å². The number of unbranched alkanes of at least 4 members (excludes halogenated alkanes) is 1. The second-order valence-electron chi connectivity index (χ2n) is 10.4. The summed E-state index contributed by atoms with van der Waals surface area (Å²) < 4.78 is 13.6. The Hall–Kier alpha value is -4.59. The van der Waals surface area contributed by atoms with Gasteiger partial charge in [0.1, 0.15) is 11.5 Å².